The van der Waals surface area contributed by atoms with Crippen LogP contribution >= 0.6 is 0 Å². The van der Waals surface area contributed by atoms with Crippen LogP contribution in [0.4, 0.5) is 0 Å². The molecule has 6 atom stereocenters. The first-order valence-corrected chi connectivity index (χ1v) is 12.6. The number of ether oxygens (including phenoxy) is 5. The fourth-order valence-electron chi connectivity index (χ4n) is 3.46. The average molecular weight is 518 g/mol. The molecule has 1 amide bonds. The summed E-state index contributed by atoms with van der Waals surface area (Å²) >= 11 is 0. The van der Waals surface area contributed by atoms with E-state index in [1.807, 2.05) is 30.3 Å². The Morgan fingerprint density at radius 3 is 2.31 bits per heavy atom. The molecule has 0 spiro atoms. The van der Waals surface area contributed by atoms with Gasteiger partial charge in [-0.1, -0.05) is 30.3 Å². The van der Waals surface area contributed by atoms with Crippen LogP contribution in [0.15, 0.2) is 30.3 Å². The summed E-state index contributed by atoms with van der Waals surface area (Å²) in [5, 5.41) is 2.66. The number of hydrogen-bond acceptors (Lipinski definition) is 11. The number of amides is 1. The largest absolute Gasteiger partial charge is 0.467 e. The highest BCUT2D eigenvalue weighted by Crippen LogP contribution is 2.29. The third-order valence-electron chi connectivity index (χ3n) is 4.92. The third-order valence-corrected chi connectivity index (χ3v) is 5.48. The Kier molecular flexibility index (Phi) is 10.6. The number of benzene rings is 1. The Bertz CT molecular complexity index is 969. The number of carbonyl (C=O) groups is 3. The maximum absolute atomic E-state index is 12.1. The molecular weight excluding hydrogens is 486 g/mol. The van der Waals surface area contributed by atoms with E-state index in [-0.39, 0.29) is 6.61 Å². The molecule has 1 heterocycles. The lowest BCUT2D eigenvalue weighted by Crippen LogP contribution is -2.67. The molecule has 2 rings (SSSR count). The second-order valence-electron chi connectivity index (χ2n) is 7.89. The van der Waals surface area contributed by atoms with Gasteiger partial charge in [-0.15, -0.1) is 0 Å². The Balaban J connectivity index is 2.44. The molecule has 0 saturated carbocycles. The van der Waals surface area contributed by atoms with Gasteiger partial charge in [0.05, 0.1) is 26.6 Å². The first-order chi connectivity index (χ1) is 16.4. The van der Waals surface area contributed by atoms with Crippen LogP contribution in [0, 0.1) is 0 Å². The summed E-state index contributed by atoms with van der Waals surface area (Å²) < 4.78 is 56.0. The number of rotatable bonds is 11. The molecule has 1 unspecified atom stereocenters. The van der Waals surface area contributed by atoms with Gasteiger partial charge in [0.15, 0.2) is 18.5 Å². The molecule has 1 N–H and O–H groups in total. The van der Waals surface area contributed by atoms with Gasteiger partial charge in [-0.05, 0) is 12.5 Å². The van der Waals surface area contributed by atoms with Crippen LogP contribution < -0.4 is 5.32 Å². The van der Waals surface area contributed by atoms with Crippen LogP contribution in [0.25, 0.3) is 0 Å². The fraction of sp³-hybridized carbons (Fsp3) is 0.591. The maximum atomic E-state index is 12.1. The fourth-order valence-corrected chi connectivity index (χ4v) is 3.85. The molecule has 12 nitrogen and oxygen atoms in total. The highest BCUT2D eigenvalue weighted by molar-refractivity contribution is 7.85. The van der Waals surface area contributed by atoms with Crippen molar-refractivity contribution in [2.45, 2.75) is 64.1 Å². The van der Waals surface area contributed by atoms with E-state index in [0.717, 1.165) is 18.7 Å². The predicted molar refractivity (Wildman–Crippen MR) is 120 cm³/mol. The molecule has 1 fully saturated rings. The van der Waals surface area contributed by atoms with Crippen molar-refractivity contribution in [3.05, 3.63) is 35.9 Å². The van der Waals surface area contributed by atoms with Crippen molar-refractivity contribution < 1.29 is 50.7 Å². The van der Waals surface area contributed by atoms with Crippen molar-refractivity contribution >= 4 is 28.0 Å². The summed E-state index contributed by atoms with van der Waals surface area (Å²) in [5.74, 6) is -1.92. The quantitative estimate of drug-likeness (QED) is 0.318. The number of carbonyl (C=O) groups excluding carboxylic acids is 3. The number of methoxy groups -OCH3 is 1. The molecule has 0 radical (unpaired) electrons. The highest BCUT2D eigenvalue weighted by Gasteiger charge is 2.51. The molecule has 1 saturated heterocycles. The summed E-state index contributed by atoms with van der Waals surface area (Å²) in [6, 6.07) is 8.04. The van der Waals surface area contributed by atoms with Crippen LogP contribution in [0.5, 0.6) is 0 Å². The van der Waals surface area contributed by atoms with Crippen LogP contribution in [-0.2, 0) is 59.0 Å². The van der Waals surface area contributed by atoms with E-state index in [1.165, 1.54) is 21.0 Å². The number of nitrogens with one attached hydrogen (secondary N) is 1. The standard InChI is InChI=1S/C22H31NO11S/c1-13(21(26)29-4)32-20-18(23-14(2)24)22(30-11-16-9-7-6-8-10-16)34-17(12-31-35(5,27)28)19(20)33-15(3)25/h6-10,13,17-20,22H,11-12H2,1-5H3,(H,23,24)/t13?,17-,18-,19-,20-,22+/m1/s1. The lowest BCUT2D eigenvalue weighted by Gasteiger charge is -2.46. The molecule has 196 valence electrons. The van der Waals surface area contributed by atoms with Gasteiger partial charge in [0.1, 0.15) is 18.2 Å². The topological polar surface area (TPSA) is 153 Å². The molecular formula is C22H31NO11S. The van der Waals surface area contributed by atoms with Gasteiger partial charge in [-0.3, -0.25) is 13.8 Å². The van der Waals surface area contributed by atoms with Gasteiger partial charge in [0.2, 0.25) is 5.91 Å². The van der Waals surface area contributed by atoms with Crippen molar-refractivity contribution in [3.63, 3.8) is 0 Å². The first kappa shape index (κ1) is 28.7. The van der Waals surface area contributed by atoms with Gasteiger partial charge in [0, 0.05) is 13.8 Å². The molecule has 1 aromatic rings. The maximum Gasteiger partial charge on any atom is 0.334 e. The zero-order chi connectivity index (χ0) is 26.2. The van der Waals surface area contributed by atoms with E-state index in [2.05, 4.69) is 5.32 Å². The minimum Gasteiger partial charge on any atom is -0.467 e. The molecule has 1 aromatic carbocycles. The summed E-state index contributed by atoms with van der Waals surface area (Å²) in [7, 11) is -2.71. The van der Waals surface area contributed by atoms with E-state index in [0.29, 0.717) is 0 Å². The van der Waals surface area contributed by atoms with Gasteiger partial charge < -0.3 is 29.0 Å². The molecule has 13 heteroatoms. The number of hydrogen-bond donors (Lipinski definition) is 1. The number of esters is 2. The van der Waals surface area contributed by atoms with Crippen molar-refractivity contribution in [1.82, 2.24) is 5.32 Å². The molecule has 1 aliphatic heterocycles. The minimum atomic E-state index is -3.88. The van der Waals surface area contributed by atoms with E-state index in [1.54, 1.807) is 0 Å². The molecule has 0 aliphatic carbocycles. The zero-order valence-corrected chi connectivity index (χ0v) is 21.0. The second kappa shape index (κ2) is 12.9. The van der Waals surface area contributed by atoms with Crippen LogP contribution in [0.1, 0.15) is 26.3 Å². The van der Waals surface area contributed by atoms with E-state index in [9.17, 15) is 22.8 Å². The van der Waals surface area contributed by atoms with E-state index in [4.69, 9.17) is 27.9 Å². The SMILES string of the molecule is COC(=O)C(C)O[C@@H]1[C@@H](NC(C)=O)[C@@H](OCc2ccccc2)O[C@H](COS(C)(=O)=O)[C@H]1OC(C)=O. The smallest absolute Gasteiger partial charge is 0.334 e. The minimum absolute atomic E-state index is 0.0682. The zero-order valence-electron chi connectivity index (χ0n) is 20.2. The van der Waals surface area contributed by atoms with Crippen molar-refractivity contribution in [3.8, 4) is 0 Å². The van der Waals surface area contributed by atoms with Crippen molar-refractivity contribution in [1.29, 1.82) is 0 Å². The monoisotopic (exact) mass is 517 g/mol. The molecule has 35 heavy (non-hydrogen) atoms. The molecule has 0 bridgehead atoms. The van der Waals surface area contributed by atoms with Crippen LogP contribution in [0.2, 0.25) is 0 Å². The third kappa shape index (κ3) is 9.18. The summed E-state index contributed by atoms with van der Waals surface area (Å²) in [5.41, 5.74) is 0.795. The van der Waals surface area contributed by atoms with Crippen LogP contribution in [-0.4, -0.2) is 83.0 Å². The normalized spacial score (nSPS) is 25.3. The van der Waals surface area contributed by atoms with E-state index >= 15 is 0 Å². The van der Waals surface area contributed by atoms with Gasteiger partial charge in [0.25, 0.3) is 10.1 Å². The summed E-state index contributed by atoms with van der Waals surface area (Å²) in [6.07, 6.45) is -5.12. The Hall–Kier alpha value is -2.58. The summed E-state index contributed by atoms with van der Waals surface area (Å²) in [6.45, 7) is 3.34. The van der Waals surface area contributed by atoms with E-state index < -0.39 is 71.3 Å². The lowest BCUT2D eigenvalue weighted by molar-refractivity contribution is -0.286. The average Bonchev–Trinajstić information content (AvgIpc) is 2.78. The predicted octanol–water partition coefficient (Wildman–Crippen LogP) is 0.287. The van der Waals surface area contributed by atoms with Gasteiger partial charge >= 0.3 is 11.9 Å². The Morgan fingerprint density at radius 2 is 1.77 bits per heavy atom. The first-order valence-electron chi connectivity index (χ1n) is 10.7. The lowest BCUT2D eigenvalue weighted by atomic mass is 9.95. The van der Waals surface area contributed by atoms with Gasteiger partial charge in [-0.25, -0.2) is 4.79 Å². The molecule has 0 aromatic heterocycles. The highest BCUT2D eigenvalue weighted by atomic mass is 32.2. The Labute approximate surface area is 204 Å². The summed E-state index contributed by atoms with van der Waals surface area (Å²) in [4.78, 5) is 36.0. The van der Waals surface area contributed by atoms with Crippen molar-refractivity contribution in [2.75, 3.05) is 20.0 Å². The van der Waals surface area contributed by atoms with Crippen LogP contribution in [0.3, 0.4) is 0 Å². The van der Waals surface area contributed by atoms with Crippen molar-refractivity contribution in [2.24, 2.45) is 0 Å². The Morgan fingerprint density at radius 1 is 1.11 bits per heavy atom. The molecule has 1 aliphatic rings. The second-order valence-corrected chi connectivity index (χ2v) is 9.54. The van der Waals surface area contributed by atoms with Gasteiger partial charge in [-0.2, -0.15) is 8.42 Å².